The predicted octanol–water partition coefficient (Wildman–Crippen LogP) is 4.07. The Labute approximate surface area is 118 Å². The second kappa shape index (κ2) is 6.18. The summed E-state index contributed by atoms with van der Waals surface area (Å²) in [5.74, 6) is -0.142. The SMILES string of the molecule is Cc1ccccc1C(CN)Cc1ccc(Cl)cc1F. The van der Waals surface area contributed by atoms with Crippen LogP contribution in [0.2, 0.25) is 5.02 Å². The summed E-state index contributed by atoms with van der Waals surface area (Å²) in [7, 11) is 0. The summed E-state index contributed by atoms with van der Waals surface area (Å²) in [6.07, 6.45) is 0.588. The molecule has 1 unspecified atom stereocenters. The maximum absolute atomic E-state index is 13.8. The van der Waals surface area contributed by atoms with Crippen LogP contribution in [0.15, 0.2) is 42.5 Å². The molecule has 0 aromatic heterocycles. The van der Waals surface area contributed by atoms with Gasteiger partial charge in [-0.15, -0.1) is 0 Å². The Morgan fingerprint density at radius 1 is 1.21 bits per heavy atom. The monoisotopic (exact) mass is 277 g/mol. The second-order valence-electron chi connectivity index (χ2n) is 4.73. The first kappa shape index (κ1) is 14.0. The van der Waals surface area contributed by atoms with Crippen LogP contribution >= 0.6 is 11.6 Å². The van der Waals surface area contributed by atoms with Crippen molar-refractivity contribution in [3.63, 3.8) is 0 Å². The van der Waals surface area contributed by atoms with Gasteiger partial charge < -0.3 is 5.73 Å². The summed E-state index contributed by atoms with van der Waals surface area (Å²) >= 11 is 5.76. The molecule has 0 amide bonds. The number of halogens is 2. The van der Waals surface area contributed by atoms with Crippen LogP contribution in [-0.2, 0) is 6.42 Å². The maximum Gasteiger partial charge on any atom is 0.127 e. The third kappa shape index (κ3) is 3.34. The molecule has 2 N–H and O–H groups in total. The molecule has 0 spiro atoms. The van der Waals surface area contributed by atoms with E-state index in [0.717, 1.165) is 0 Å². The first-order valence-corrected chi connectivity index (χ1v) is 6.69. The van der Waals surface area contributed by atoms with Gasteiger partial charge in [0.25, 0.3) is 0 Å². The highest BCUT2D eigenvalue weighted by Crippen LogP contribution is 2.25. The van der Waals surface area contributed by atoms with E-state index >= 15 is 0 Å². The standard InChI is InChI=1S/C16H17ClFN/c1-11-4-2-3-5-15(11)13(10-19)8-12-6-7-14(17)9-16(12)18/h2-7,9,13H,8,10,19H2,1H3. The first-order valence-electron chi connectivity index (χ1n) is 6.31. The van der Waals surface area contributed by atoms with Crippen LogP contribution in [0.1, 0.15) is 22.6 Å². The molecule has 1 atom stereocenters. The Morgan fingerprint density at radius 3 is 2.58 bits per heavy atom. The molecule has 3 heteroatoms. The summed E-state index contributed by atoms with van der Waals surface area (Å²) in [6.45, 7) is 2.54. The summed E-state index contributed by atoms with van der Waals surface area (Å²) in [6, 6.07) is 12.9. The number of aryl methyl sites for hydroxylation is 1. The van der Waals surface area contributed by atoms with Gasteiger partial charge >= 0.3 is 0 Å². The Hall–Kier alpha value is -1.38. The molecule has 0 aliphatic rings. The van der Waals surface area contributed by atoms with Crippen molar-refractivity contribution in [3.8, 4) is 0 Å². The highest BCUT2D eigenvalue weighted by Gasteiger charge is 2.15. The number of hydrogen-bond donors (Lipinski definition) is 1. The smallest absolute Gasteiger partial charge is 0.127 e. The molecular weight excluding hydrogens is 261 g/mol. The van der Waals surface area contributed by atoms with Crippen LogP contribution in [0.25, 0.3) is 0 Å². The van der Waals surface area contributed by atoms with E-state index in [0.29, 0.717) is 23.6 Å². The molecule has 1 nitrogen and oxygen atoms in total. The molecule has 0 bridgehead atoms. The van der Waals surface area contributed by atoms with Gasteiger partial charge in [0, 0.05) is 10.9 Å². The zero-order valence-corrected chi connectivity index (χ0v) is 11.6. The van der Waals surface area contributed by atoms with Crippen molar-refractivity contribution >= 4 is 11.6 Å². The Balaban J connectivity index is 2.27. The minimum Gasteiger partial charge on any atom is -0.330 e. The fourth-order valence-corrected chi connectivity index (χ4v) is 2.48. The van der Waals surface area contributed by atoms with Gasteiger partial charge in [-0.2, -0.15) is 0 Å². The average molecular weight is 278 g/mol. The van der Waals surface area contributed by atoms with Gasteiger partial charge in [-0.05, 0) is 48.7 Å². The molecule has 0 heterocycles. The van der Waals surface area contributed by atoms with Crippen LogP contribution in [0.3, 0.4) is 0 Å². The lowest BCUT2D eigenvalue weighted by atomic mass is 9.89. The van der Waals surface area contributed by atoms with Gasteiger partial charge in [0.1, 0.15) is 5.82 Å². The van der Waals surface area contributed by atoms with E-state index < -0.39 is 0 Å². The largest absolute Gasteiger partial charge is 0.330 e. The van der Waals surface area contributed by atoms with Crippen molar-refractivity contribution in [1.29, 1.82) is 0 Å². The number of nitrogens with two attached hydrogens (primary N) is 1. The third-order valence-electron chi connectivity index (χ3n) is 3.39. The van der Waals surface area contributed by atoms with Crippen molar-refractivity contribution in [2.75, 3.05) is 6.54 Å². The fraction of sp³-hybridized carbons (Fsp3) is 0.250. The average Bonchev–Trinajstić information content (AvgIpc) is 2.39. The Kier molecular flexibility index (Phi) is 4.56. The molecule has 2 aromatic carbocycles. The van der Waals surface area contributed by atoms with E-state index in [2.05, 4.69) is 19.1 Å². The fourth-order valence-electron chi connectivity index (χ4n) is 2.32. The van der Waals surface area contributed by atoms with Gasteiger partial charge in [-0.3, -0.25) is 0 Å². The van der Waals surface area contributed by atoms with Crippen molar-refractivity contribution in [1.82, 2.24) is 0 Å². The minimum absolute atomic E-state index is 0.122. The first-order chi connectivity index (χ1) is 9.11. The highest BCUT2D eigenvalue weighted by atomic mass is 35.5. The molecule has 0 radical (unpaired) electrons. The van der Waals surface area contributed by atoms with Crippen LogP contribution in [0.5, 0.6) is 0 Å². The van der Waals surface area contributed by atoms with E-state index in [1.807, 2.05) is 12.1 Å². The van der Waals surface area contributed by atoms with Gasteiger partial charge in [0.15, 0.2) is 0 Å². The minimum atomic E-state index is -0.264. The van der Waals surface area contributed by atoms with Crippen LogP contribution in [0, 0.1) is 12.7 Å². The summed E-state index contributed by atoms with van der Waals surface area (Å²) in [5, 5.41) is 0.418. The lowest BCUT2D eigenvalue weighted by molar-refractivity contribution is 0.589. The van der Waals surface area contributed by atoms with Gasteiger partial charge in [0.2, 0.25) is 0 Å². The number of rotatable bonds is 4. The molecular formula is C16H17ClFN. The number of benzene rings is 2. The van der Waals surface area contributed by atoms with Gasteiger partial charge in [-0.1, -0.05) is 41.9 Å². The lowest BCUT2D eigenvalue weighted by Gasteiger charge is -2.18. The Bertz CT molecular complexity index is 568. The van der Waals surface area contributed by atoms with E-state index in [9.17, 15) is 4.39 Å². The van der Waals surface area contributed by atoms with Crippen LogP contribution < -0.4 is 5.73 Å². The van der Waals surface area contributed by atoms with Gasteiger partial charge in [0.05, 0.1) is 0 Å². The molecule has 0 aliphatic carbocycles. The zero-order valence-electron chi connectivity index (χ0n) is 10.9. The van der Waals surface area contributed by atoms with E-state index in [4.69, 9.17) is 17.3 Å². The van der Waals surface area contributed by atoms with E-state index in [1.165, 1.54) is 17.2 Å². The van der Waals surface area contributed by atoms with Crippen molar-refractivity contribution < 1.29 is 4.39 Å². The molecule has 0 saturated heterocycles. The molecule has 0 aliphatic heterocycles. The van der Waals surface area contributed by atoms with Crippen molar-refractivity contribution in [2.45, 2.75) is 19.3 Å². The Morgan fingerprint density at radius 2 is 1.95 bits per heavy atom. The molecule has 100 valence electrons. The second-order valence-corrected chi connectivity index (χ2v) is 5.17. The predicted molar refractivity (Wildman–Crippen MR) is 78.1 cm³/mol. The summed E-state index contributed by atoms with van der Waals surface area (Å²) in [5.41, 5.74) is 8.88. The maximum atomic E-state index is 13.8. The topological polar surface area (TPSA) is 26.0 Å². The summed E-state index contributed by atoms with van der Waals surface area (Å²) in [4.78, 5) is 0. The van der Waals surface area contributed by atoms with Crippen molar-refractivity contribution in [3.05, 3.63) is 70.0 Å². The summed E-state index contributed by atoms with van der Waals surface area (Å²) < 4.78 is 13.8. The molecule has 19 heavy (non-hydrogen) atoms. The lowest BCUT2D eigenvalue weighted by Crippen LogP contribution is -2.16. The molecule has 2 aromatic rings. The quantitative estimate of drug-likeness (QED) is 0.896. The molecule has 0 saturated carbocycles. The third-order valence-corrected chi connectivity index (χ3v) is 3.63. The number of hydrogen-bond acceptors (Lipinski definition) is 1. The zero-order chi connectivity index (χ0) is 13.8. The molecule has 2 rings (SSSR count). The van der Waals surface area contributed by atoms with Crippen molar-refractivity contribution in [2.24, 2.45) is 5.73 Å². The van der Waals surface area contributed by atoms with E-state index in [-0.39, 0.29) is 11.7 Å². The normalized spacial score (nSPS) is 12.4. The van der Waals surface area contributed by atoms with Crippen LogP contribution in [0.4, 0.5) is 4.39 Å². The highest BCUT2D eigenvalue weighted by molar-refractivity contribution is 6.30. The van der Waals surface area contributed by atoms with E-state index in [1.54, 1.807) is 12.1 Å². The van der Waals surface area contributed by atoms with Gasteiger partial charge in [-0.25, -0.2) is 4.39 Å². The van der Waals surface area contributed by atoms with Crippen LogP contribution in [-0.4, -0.2) is 6.54 Å². The molecule has 0 fully saturated rings.